The number of nitrogens with zero attached hydrogens (tertiary/aromatic N) is 1. The summed E-state index contributed by atoms with van der Waals surface area (Å²) in [7, 11) is 0. The first-order valence-electron chi connectivity index (χ1n) is 5.89. The molecule has 1 aliphatic carbocycles. The lowest BCUT2D eigenvalue weighted by molar-refractivity contribution is -0.143. The van der Waals surface area contributed by atoms with E-state index in [-0.39, 0.29) is 24.7 Å². The van der Waals surface area contributed by atoms with Gasteiger partial charge in [0.15, 0.2) is 0 Å². The number of hydrogen-bond donors (Lipinski definition) is 1. The average Bonchev–Trinajstić information content (AvgIpc) is 2.61. The number of carboxylic acids is 1. The monoisotopic (exact) mass is 239 g/mol. The van der Waals surface area contributed by atoms with Crippen LogP contribution in [0.4, 0.5) is 4.79 Å². The number of likely N-dealkylation sites (tertiary alicyclic amines) is 1. The van der Waals surface area contributed by atoms with Crippen LogP contribution >= 0.6 is 0 Å². The fraction of sp³-hybridized carbons (Fsp3) is 0.667. The summed E-state index contributed by atoms with van der Waals surface area (Å²) in [5.41, 5.74) is 0. The van der Waals surface area contributed by atoms with Gasteiger partial charge in [-0.2, -0.15) is 0 Å². The molecule has 1 aliphatic heterocycles. The molecule has 5 nitrogen and oxygen atoms in total. The van der Waals surface area contributed by atoms with E-state index < -0.39 is 5.97 Å². The first-order valence-corrected chi connectivity index (χ1v) is 5.89. The smallest absolute Gasteiger partial charge is 0.410 e. The van der Waals surface area contributed by atoms with Crippen molar-refractivity contribution in [3.63, 3.8) is 0 Å². The molecule has 17 heavy (non-hydrogen) atoms. The number of ether oxygens (including phenoxy) is 1. The van der Waals surface area contributed by atoms with Crippen molar-refractivity contribution in [1.82, 2.24) is 4.90 Å². The normalized spacial score (nSPS) is 31.1. The second kappa shape index (κ2) is 4.77. The Morgan fingerprint density at radius 3 is 2.82 bits per heavy atom. The number of fused-ring (bicyclic) bond motifs is 2. The van der Waals surface area contributed by atoms with E-state index in [1.54, 1.807) is 4.90 Å². The second-order valence-corrected chi connectivity index (χ2v) is 4.78. The minimum absolute atomic E-state index is 0.0344. The Bertz CT molecular complexity index is 341. The van der Waals surface area contributed by atoms with Crippen molar-refractivity contribution in [2.75, 3.05) is 13.2 Å². The lowest BCUT2D eigenvalue weighted by Gasteiger charge is -2.26. The summed E-state index contributed by atoms with van der Waals surface area (Å²) in [5, 5.41) is 9.02. The zero-order chi connectivity index (χ0) is 12.4. The number of carbonyl (C=O) groups is 2. The molecule has 0 aromatic heterocycles. The summed E-state index contributed by atoms with van der Waals surface area (Å²) in [5.74, 6) is -0.747. The van der Waals surface area contributed by atoms with Crippen molar-refractivity contribution in [3.05, 3.63) is 12.7 Å². The zero-order valence-electron chi connectivity index (χ0n) is 9.67. The van der Waals surface area contributed by atoms with Gasteiger partial charge in [-0.15, -0.1) is 0 Å². The molecule has 3 atom stereocenters. The van der Waals surface area contributed by atoms with Gasteiger partial charge in [0.05, 0.1) is 5.92 Å². The molecule has 0 spiro atoms. The van der Waals surface area contributed by atoms with Crippen LogP contribution < -0.4 is 0 Å². The van der Waals surface area contributed by atoms with Crippen LogP contribution in [0, 0.1) is 11.8 Å². The molecule has 1 amide bonds. The fourth-order valence-corrected chi connectivity index (χ4v) is 2.87. The van der Waals surface area contributed by atoms with Gasteiger partial charge in [0.25, 0.3) is 0 Å². The Kier molecular flexibility index (Phi) is 3.36. The zero-order valence-corrected chi connectivity index (χ0v) is 9.67. The third-order valence-electron chi connectivity index (χ3n) is 3.58. The van der Waals surface area contributed by atoms with Gasteiger partial charge in [-0.1, -0.05) is 12.7 Å². The quantitative estimate of drug-likeness (QED) is 0.758. The Labute approximate surface area is 100 Å². The number of carboxylic acid groups (broad SMARTS) is 1. The van der Waals surface area contributed by atoms with Crippen LogP contribution in [0.5, 0.6) is 0 Å². The molecule has 0 aromatic carbocycles. The maximum atomic E-state index is 11.7. The molecule has 0 aromatic rings. The highest BCUT2D eigenvalue weighted by atomic mass is 16.6. The number of rotatable bonds is 3. The predicted molar refractivity (Wildman–Crippen MR) is 60.5 cm³/mol. The minimum Gasteiger partial charge on any atom is -0.481 e. The Hall–Kier alpha value is -1.52. The average molecular weight is 239 g/mol. The van der Waals surface area contributed by atoms with E-state index in [1.807, 2.05) is 0 Å². The van der Waals surface area contributed by atoms with Crippen molar-refractivity contribution in [1.29, 1.82) is 0 Å². The molecule has 2 bridgehead atoms. The van der Waals surface area contributed by atoms with Crippen LogP contribution in [0.3, 0.4) is 0 Å². The van der Waals surface area contributed by atoms with Crippen molar-refractivity contribution >= 4 is 12.1 Å². The summed E-state index contributed by atoms with van der Waals surface area (Å²) in [6.45, 7) is 4.32. The van der Waals surface area contributed by atoms with Gasteiger partial charge in [-0.05, 0) is 25.2 Å². The van der Waals surface area contributed by atoms with Crippen molar-refractivity contribution in [2.45, 2.75) is 25.3 Å². The van der Waals surface area contributed by atoms with Crippen LogP contribution in [0.1, 0.15) is 19.3 Å². The molecule has 2 rings (SSSR count). The highest BCUT2D eigenvalue weighted by Gasteiger charge is 2.44. The van der Waals surface area contributed by atoms with Gasteiger partial charge in [-0.25, -0.2) is 4.79 Å². The topological polar surface area (TPSA) is 66.8 Å². The first kappa shape index (κ1) is 12.0. The summed E-state index contributed by atoms with van der Waals surface area (Å²) < 4.78 is 5.00. The molecular formula is C12H17NO4. The second-order valence-electron chi connectivity index (χ2n) is 4.78. The molecule has 5 heteroatoms. The van der Waals surface area contributed by atoms with Crippen molar-refractivity contribution in [3.8, 4) is 0 Å². The lowest BCUT2D eigenvalue weighted by Crippen LogP contribution is -2.37. The van der Waals surface area contributed by atoms with E-state index in [4.69, 9.17) is 9.84 Å². The third-order valence-corrected chi connectivity index (χ3v) is 3.58. The third kappa shape index (κ3) is 2.43. The number of aliphatic carboxylic acids is 1. The Balaban J connectivity index is 1.97. The molecule has 1 saturated carbocycles. The molecule has 94 valence electrons. The van der Waals surface area contributed by atoms with Crippen molar-refractivity contribution < 1.29 is 19.4 Å². The molecule has 0 unspecified atom stereocenters. The summed E-state index contributed by atoms with van der Waals surface area (Å²) in [4.78, 5) is 24.4. The Morgan fingerprint density at radius 2 is 2.18 bits per heavy atom. The van der Waals surface area contributed by atoms with E-state index >= 15 is 0 Å². The maximum absolute atomic E-state index is 11.7. The first-order chi connectivity index (χ1) is 8.11. The summed E-state index contributed by atoms with van der Waals surface area (Å²) >= 11 is 0. The van der Waals surface area contributed by atoms with Crippen LogP contribution in [0.25, 0.3) is 0 Å². The SMILES string of the molecule is C=CCOC(=O)N1C[C@H]2C[C@H](C(=O)O)C[C@@H]1C2. The fourth-order valence-electron chi connectivity index (χ4n) is 2.87. The van der Waals surface area contributed by atoms with Crippen LogP contribution in [0.2, 0.25) is 0 Å². The number of amides is 1. The van der Waals surface area contributed by atoms with Gasteiger partial charge in [0.1, 0.15) is 6.61 Å². The molecule has 1 N–H and O–H groups in total. The van der Waals surface area contributed by atoms with E-state index in [0.29, 0.717) is 25.3 Å². The van der Waals surface area contributed by atoms with Crippen molar-refractivity contribution in [2.24, 2.45) is 11.8 Å². The number of carbonyl (C=O) groups excluding carboxylic acids is 1. The van der Waals surface area contributed by atoms with Gasteiger partial charge in [0, 0.05) is 12.6 Å². The van der Waals surface area contributed by atoms with E-state index in [0.717, 1.165) is 6.42 Å². The minimum atomic E-state index is -0.749. The van der Waals surface area contributed by atoms with Crippen LogP contribution in [-0.2, 0) is 9.53 Å². The molecule has 2 aliphatic rings. The summed E-state index contributed by atoms with van der Waals surface area (Å²) in [6.07, 6.45) is 3.32. The van der Waals surface area contributed by atoms with Crippen LogP contribution in [0.15, 0.2) is 12.7 Å². The standard InChI is InChI=1S/C12H17NO4/c1-2-3-17-12(16)13-7-8-4-9(11(14)15)6-10(13)5-8/h2,8-10H,1,3-7H2,(H,14,15)/t8-,9-,10-/m0/s1. The van der Waals surface area contributed by atoms with Gasteiger partial charge in [-0.3, -0.25) is 4.79 Å². The maximum Gasteiger partial charge on any atom is 0.410 e. The predicted octanol–water partition coefficient (Wildman–Crippen LogP) is 1.49. The molecular weight excluding hydrogens is 222 g/mol. The Morgan fingerprint density at radius 1 is 1.41 bits per heavy atom. The van der Waals surface area contributed by atoms with E-state index in [2.05, 4.69) is 6.58 Å². The molecule has 1 saturated heterocycles. The van der Waals surface area contributed by atoms with Gasteiger partial charge in [0.2, 0.25) is 0 Å². The van der Waals surface area contributed by atoms with Gasteiger partial charge < -0.3 is 14.7 Å². The number of hydrogen-bond acceptors (Lipinski definition) is 3. The van der Waals surface area contributed by atoms with E-state index in [9.17, 15) is 9.59 Å². The van der Waals surface area contributed by atoms with Gasteiger partial charge >= 0.3 is 12.1 Å². The largest absolute Gasteiger partial charge is 0.481 e. The highest BCUT2D eigenvalue weighted by molar-refractivity contribution is 5.72. The summed E-state index contributed by atoms with van der Waals surface area (Å²) in [6, 6.07) is 0.0344. The molecule has 0 radical (unpaired) electrons. The molecule has 2 fully saturated rings. The lowest BCUT2D eigenvalue weighted by atomic mass is 9.82. The molecule has 1 heterocycles. The van der Waals surface area contributed by atoms with E-state index in [1.165, 1.54) is 6.08 Å². The highest BCUT2D eigenvalue weighted by Crippen LogP contribution is 2.39. The van der Waals surface area contributed by atoms with Crippen LogP contribution in [-0.4, -0.2) is 41.3 Å².